The molecular formula is C18H24N4O3. The largest absolute Gasteiger partial charge is 0.381 e. The summed E-state index contributed by atoms with van der Waals surface area (Å²) < 4.78 is 7.34. The molecule has 5 rings (SSSR count). The zero-order valence-corrected chi connectivity index (χ0v) is 14.4. The van der Waals surface area contributed by atoms with Gasteiger partial charge < -0.3 is 14.5 Å². The number of aromatic nitrogens is 2. The lowest BCUT2D eigenvalue weighted by Crippen LogP contribution is -2.35. The van der Waals surface area contributed by atoms with Crippen LogP contribution in [0, 0.1) is 17.8 Å². The highest BCUT2D eigenvalue weighted by molar-refractivity contribution is 5.95. The first-order chi connectivity index (χ1) is 12.2. The van der Waals surface area contributed by atoms with Gasteiger partial charge in [-0.25, -0.2) is 0 Å². The van der Waals surface area contributed by atoms with Crippen LogP contribution in [-0.4, -0.2) is 64.2 Å². The molecule has 3 fully saturated rings. The van der Waals surface area contributed by atoms with E-state index in [1.165, 1.54) is 0 Å². The minimum Gasteiger partial charge on any atom is -0.381 e. The van der Waals surface area contributed by atoms with E-state index in [1.54, 1.807) is 6.20 Å². The second-order valence-electron chi connectivity index (χ2n) is 7.73. The first-order valence-corrected chi connectivity index (χ1v) is 9.44. The summed E-state index contributed by atoms with van der Waals surface area (Å²) >= 11 is 0. The van der Waals surface area contributed by atoms with E-state index in [2.05, 4.69) is 5.10 Å². The van der Waals surface area contributed by atoms with Crippen molar-refractivity contribution in [1.82, 2.24) is 19.6 Å². The van der Waals surface area contributed by atoms with E-state index in [-0.39, 0.29) is 17.7 Å². The maximum Gasteiger partial charge on any atom is 0.257 e. The summed E-state index contributed by atoms with van der Waals surface area (Å²) in [6.07, 6.45) is 4.73. The Hall–Kier alpha value is -1.89. The van der Waals surface area contributed by atoms with E-state index in [0.29, 0.717) is 23.9 Å². The van der Waals surface area contributed by atoms with Gasteiger partial charge in [0.05, 0.1) is 37.2 Å². The fourth-order valence-electron chi connectivity index (χ4n) is 4.72. The van der Waals surface area contributed by atoms with Gasteiger partial charge in [0.1, 0.15) is 0 Å². The first-order valence-electron chi connectivity index (χ1n) is 9.44. The second kappa shape index (κ2) is 5.83. The lowest BCUT2D eigenvalue weighted by molar-refractivity contribution is -0.134. The molecule has 0 aromatic carbocycles. The average molecular weight is 344 g/mol. The van der Waals surface area contributed by atoms with Gasteiger partial charge in [0.25, 0.3) is 5.91 Å². The number of carbonyl (C=O) groups excluding carboxylic acids is 2. The van der Waals surface area contributed by atoms with E-state index in [1.807, 2.05) is 14.5 Å². The quantitative estimate of drug-likeness (QED) is 0.794. The number of carbonyl (C=O) groups is 2. The van der Waals surface area contributed by atoms with Crippen LogP contribution in [0.3, 0.4) is 0 Å². The van der Waals surface area contributed by atoms with E-state index < -0.39 is 0 Å². The molecule has 4 heterocycles. The van der Waals surface area contributed by atoms with Crippen molar-refractivity contribution in [3.8, 4) is 0 Å². The third-order valence-electron chi connectivity index (χ3n) is 6.26. The number of hydrogen-bond acceptors (Lipinski definition) is 4. The van der Waals surface area contributed by atoms with Crippen LogP contribution in [0.15, 0.2) is 6.20 Å². The summed E-state index contributed by atoms with van der Waals surface area (Å²) in [6, 6.07) is 0. The van der Waals surface area contributed by atoms with Crippen LogP contribution in [0.25, 0.3) is 0 Å². The van der Waals surface area contributed by atoms with Crippen molar-refractivity contribution in [3.05, 3.63) is 17.5 Å². The summed E-state index contributed by atoms with van der Waals surface area (Å²) in [5.74, 6) is 1.30. The standard InChI is InChI=1S/C18H24N4O3/c23-17(20-4-1-2-5-20)12-8-19-22-7-3-6-21(9-15(12)22)18(24)16-13-10-25-11-14(13)16/h8,13-14,16H,1-7,9-11H2/t13-,14+,16?. The number of nitrogens with zero attached hydrogens (tertiary/aromatic N) is 4. The van der Waals surface area contributed by atoms with Crippen LogP contribution in [0.2, 0.25) is 0 Å². The van der Waals surface area contributed by atoms with Crippen LogP contribution < -0.4 is 0 Å². The second-order valence-corrected chi connectivity index (χ2v) is 7.73. The number of rotatable bonds is 2. The monoisotopic (exact) mass is 344 g/mol. The third kappa shape index (κ3) is 2.47. The van der Waals surface area contributed by atoms with Crippen molar-refractivity contribution in [1.29, 1.82) is 0 Å². The molecule has 2 amide bonds. The molecule has 1 unspecified atom stereocenters. The van der Waals surface area contributed by atoms with E-state index in [9.17, 15) is 9.59 Å². The Bertz CT molecular complexity index is 699. The zero-order valence-electron chi connectivity index (χ0n) is 14.4. The number of likely N-dealkylation sites (tertiary alicyclic amines) is 1. The van der Waals surface area contributed by atoms with Gasteiger partial charge >= 0.3 is 0 Å². The Labute approximate surface area is 146 Å². The molecule has 2 saturated heterocycles. The highest BCUT2D eigenvalue weighted by atomic mass is 16.5. The highest BCUT2D eigenvalue weighted by Crippen LogP contribution is 2.51. The fraction of sp³-hybridized carbons (Fsp3) is 0.722. The summed E-state index contributed by atoms with van der Waals surface area (Å²) in [5, 5.41) is 4.43. The first kappa shape index (κ1) is 15.4. The van der Waals surface area contributed by atoms with Gasteiger partial charge in [-0.3, -0.25) is 14.3 Å². The number of ether oxygens (including phenoxy) is 1. The van der Waals surface area contributed by atoms with Crippen molar-refractivity contribution in [2.75, 3.05) is 32.8 Å². The molecule has 0 spiro atoms. The number of aryl methyl sites for hydroxylation is 1. The maximum absolute atomic E-state index is 12.9. The fourth-order valence-corrected chi connectivity index (χ4v) is 4.72. The summed E-state index contributed by atoms with van der Waals surface area (Å²) in [7, 11) is 0. The number of hydrogen-bond donors (Lipinski definition) is 0. The molecule has 1 aromatic heterocycles. The number of fused-ring (bicyclic) bond motifs is 2. The Morgan fingerprint density at radius 2 is 1.72 bits per heavy atom. The molecule has 25 heavy (non-hydrogen) atoms. The molecule has 1 aromatic rings. The van der Waals surface area contributed by atoms with Crippen molar-refractivity contribution in [2.45, 2.75) is 32.4 Å². The average Bonchev–Trinajstić information content (AvgIpc) is 3.06. The Kier molecular flexibility index (Phi) is 3.58. The van der Waals surface area contributed by atoms with Gasteiger partial charge in [-0.05, 0) is 31.1 Å². The van der Waals surface area contributed by atoms with Crippen molar-refractivity contribution in [2.24, 2.45) is 17.8 Å². The Morgan fingerprint density at radius 1 is 1.00 bits per heavy atom. The van der Waals surface area contributed by atoms with Crippen LogP contribution in [0.4, 0.5) is 0 Å². The summed E-state index contributed by atoms with van der Waals surface area (Å²) in [6.45, 7) is 5.14. The van der Waals surface area contributed by atoms with Crippen LogP contribution >= 0.6 is 0 Å². The predicted octanol–water partition coefficient (Wildman–Crippen LogP) is 0.744. The smallest absolute Gasteiger partial charge is 0.257 e. The van der Waals surface area contributed by atoms with Crippen LogP contribution in [0.5, 0.6) is 0 Å². The SMILES string of the molecule is O=C(c1cnn2c1CN(C(=O)C1[C@H]3COC[C@@H]13)CCC2)N1CCCC1. The van der Waals surface area contributed by atoms with Gasteiger partial charge in [0.2, 0.25) is 5.91 Å². The van der Waals surface area contributed by atoms with Crippen molar-refractivity contribution in [3.63, 3.8) is 0 Å². The Balaban J connectivity index is 1.37. The highest BCUT2D eigenvalue weighted by Gasteiger charge is 2.59. The molecule has 1 aliphatic carbocycles. The lowest BCUT2D eigenvalue weighted by atomic mass is 10.2. The van der Waals surface area contributed by atoms with Gasteiger partial charge in [0.15, 0.2) is 0 Å². The van der Waals surface area contributed by atoms with E-state index in [4.69, 9.17) is 4.74 Å². The molecular weight excluding hydrogens is 320 g/mol. The molecule has 0 bridgehead atoms. The molecule has 4 aliphatic rings. The van der Waals surface area contributed by atoms with Crippen LogP contribution in [-0.2, 0) is 22.6 Å². The van der Waals surface area contributed by atoms with Crippen LogP contribution in [0.1, 0.15) is 35.3 Å². The van der Waals surface area contributed by atoms with E-state index >= 15 is 0 Å². The molecule has 7 heteroatoms. The summed E-state index contributed by atoms with van der Waals surface area (Å²) in [4.78, 5) is 29.6. The van der Waals surface area contributed by atoms with Crippen molar-refractivity contribution >= 4 is 11.8 Å². The molecule has 7 nitrogen and oxygen atoms in total. The minimum absolute atomic E-state index is 0.0738. The molecule has 1 saturated carbocycles. The predicted molar refractivity (Wildman–Crippen MR) is 88.7 cm³/mol. The zero-order chi connectivity index (χ0) is 17.0. The third-order valence-corrected chi connectivity index (χ3v) is 6.26. The maximum atomic E-state index is 12.9. The van der Waals surface area contributed by atoms with E-state index in [0.717, 1.165) is 64.3 Å². The normalized spacial score (nSPS) is 30.8. The van der Waals surface area contributed by atoms with Gasteiger partial charge in [0, 0.05) is 32.1 Å². The molecule has 3 aliphatic heterocycles. The Morgan fingerprint density at radius 3 is 2.48 bits per heavy atom. The molecule has 0 radical (unpaired) electrons. The lowest BCUT2D eigenvalue weighted by Gasteiger charge is -2.22. The van der Waals surface area contributed by atoms with Gasteiger partial charge in [-0.1, -0.05) is 0 Å². The molecule has 134 valence electrons. The van der Waals surface area contributed by atoms with Gasteiger partial charge in [-0.15, -0.1) is 0 Å². The number of amides is 2. The molecule has 3 atom stereocenters. The summed E-state index contributed by atoms with van der Waals surface area (Å²) in [5.41, 5.74) is 1.59. The minimum atomic E-state index is 0.0738. The topological polar surface area (TPSA) is 67.7 Å². The molecule has 0 N–H and O–H groups in total. The van der Waals surface area contributed by atoms with Gasteiger partial charge in [-0.2, -0.15) is 5.10 Å². The van der Waals surface area contributed by atoms with Crippen molar-refractivity contribution < 1.29 is 14.3 Å².